The highest BCUT2D eigenvalue weighted by Gasteiger charge is 2.66. The summed E-state index contributed by atoms with van der Waals surface area (Å²) in [5, 5.41) is 0. The van der Waals surface area contributed by atoms with Crippen molar-refractivity contribution in [3.63, 3.8) is 0 Å². The predicted octanol–water partition coefficient (Wildman–Crippen LogP) is 1.94. The summed E-state index contributed by atoms with van der Waals surface area (Å²) in [5.41, 5.74) is -1.12. The Labute approximate surface area is 145 Å². The molecule has 4 unspecified atom stereocenters. The highest BCUT2D eigenvalue weighted by Crippen LogP contribution is 2.49. The van der Waals surface area contributed by atoms with Gasteiger partial charge in [-0.05, 0) is 19.9 Å². The normalized spacial score (nSPS) is 29.4. The molecule has 1 saturated heterocycles. The van der Waals surface area contributed by atoms with E-state index in [1.165, 1.54) is 0 Å². The van der Waals surface area contributed by atoms with Crippen molar-refractivity contribution in [2.75, 3.05) is 13.2 Å². The monoisotopic (exact) mass is 344 g/mol. The van der Waals surface area contributed by atoms with Crippen molar-refractivity contribution in [1.82, 2.24) is 0 Å². The van der Waals surface area contributed by atoms with Gasteiger partial charge in [0.1, 0.15) is 11.8 Å². The molecule has 6 heteroatoms. The van der Waals surface area contributed by atoms with Gasteiger partial charge >= 0.3 is 11.9 Å². The number of rotatable bonds is 6. The van der Waals surface area contributed by atoms with Crippen LogP contribution in [-0.4, -0.2) is 42.6 Å². The van der Waals surface area contributed by atoms with Crippen LogP contribution in [0.25, 0.3) is 0 Å². The van der Waals surface area contributed by atoms with Crippen LogP contribution in [0.1, 0.15) is 24.2 Å². The number of ether oxygens (including phenoxy) is 3. The van der Waals surface area contributed by atoms with E-state index in [-0.39, 0.29) is 19.0 Å². The molecule has 2 bridgehead atoms. The van der Waals surface area contributed by atoms with Crippen LogP contribution in [0, 0.1) is 11.8 Å². The molecule has 6 nitrogen and oxygen atoms in total. The second kappa shape index (κ2) is 6.80. The zero-order chi connectivity index (χ0) is 18.0. The summed E-state index contributed by atoms with van der Waals surface area (Å²) in [5.74, 6) is -3.50. The standard InChI is InChI=1S/C19H20O6/c1-3-23-17(21)14-13-10-11-19(25-13,15(14)18(22)24-4-2)16(20)12-8-6-5-7-9-12/h5-11,13-15H,3-4H2,1-2H3. The van der Waals surface area contributed by atoms with Crippen LogP contribution in [0.2, 0.25) is 0 Å². The molecule has 0 aliphatic carbocycles. The maximum Gasteiger partial charge on any atom is 0.313 e. The van der Waals surface area contributed by atoms with Crippen molar-refractivity contribution >= 4 is 17.7 Å². The first-order chi connectivity index (χ1) is 12.0. The highest BCUT2D eigenvalue weighted by atomic mass is 16.6. The third-order valence-corrected chi connectivity index (χ3v) is 4.53. The lowest BCUT2D eigenvalue weighted by molar-refractivity contribution is -0.160. The molecule has 2 aliphatic rings. The average molecular weight is 344 g/mol. The van der Waals surface area contributed by atoms with Gasteiger partial charge in [-0.25, -0.2) is 0 Å². The first-order valence-corrected chi connectivity index (χ1v) is 8.35. The molecule has 2 heterocycles. The van der Waals surface area contributed by atoms with Gasteiger partial charge in [0.25, 0.3) is 0 Å². The van der Waals surface area contributed by atoms with E-state index in [1.807, 2.05) is 0 Å². The molecule has 3 rings (SSSR count). The molecule has 4 atom stereocenters. The minimum atomic E-state index is -1.53. The Morgan fingerprint density at radius 2 is 1.68 bits per heavy atom. The van der Waals surface area contributed by atoms with Crippen molar-refractivity contribution in [2.24, 2.45) is 11.8 Å². The number of Topliss-reactive ketones (excluding diaryl/α,β-unsaturated/α-hetero) is 1. The summed E-state index contributed by atoms with van der Waals surface area (Å²) in [4.78, 5) is 38.1. The van der Waals surface area contributed by atoms with E-state index in [2.05, 4.69) is 0 Å². The molecule has 1 fully saturated rings. The molecule has 1 aromatic carbocycles. The molecule has 2 aliphatic heterocycles. The number of esters is 2. The second-order valence-electron chi connectivity index (χ2n) is 5.94. The number of carbonyl (C=O) groups is 3. The lowest BCUT2D eigenvalue weighted by atomic mass is 9.72. The number of benzene rings is 1. The van der Waals surface area contributed by atoms with E-state index in [0.29, 0.717) is 5.56 Å². The van der Waals surface area contributed by atoms with Crippen LogP contribution >= 0.6 is 0 Å². The van der Waals surface area contributed by atoms with Gasteiger partial charge in [0, 0.05) is 5.56 Å². The Kier molecular flexibility index (Phi) is 4.72. The van der Waals surface area contributed by atoms with Crippen LogP contribution in [0.5, 0.6) is 0 Å². The van der Waals surface area contributed by atoms with E-state index >= 15 is 0 Å². The van der Waals surface area contributed by atoms with Gasteiger partial charge in [-0.15, -0.1) is 0 Å². The second-order valence-corrected chi connectivity index (χ2v) is 5.94. The minimum Gasteiger partial charge on any atom is -0.466 e. The van der Waals surface area contributed by atoms with Crippen molar-refractivity contribution in [3.05, 3.63) is 48.0 Å². The van der Waals surface area contributed by atoms with Crippen LogP contribution in [0.3, 0.4) is 0 Å². The maximum absolute atomic E-state index is 13.1. The lowest BCUT2D eigenvalue weighted by Crippen LogP contribution is -2.49. The van der Waals surface area contributed by atoms with Gasteiger partial charge in [0.2, 0.25) is 0 Å². The summed E-state index contributed by atoms with van der Waals surface area (Å²) >= 11 is 0. The average Bonchev–Trinajstić information content (AvgIpc) is 3.20. The molecule has 0 N–H and O–H groups in total. The Balaban J connectivity index is 2.02. The van der Waals surface area contributed by atoms with E-state index in [0.717, 1.165) is 0 Å². The molecule has 132 valence electrons. The third kappa shape index (κ3) is 2.76. The molecular formula is C19H20O6. The van der Waals surface area contributed by atoms with Gasteiger partial charge < -0.3 is 14.2 Å². The summed E-state index contributed by atoms with van der Waals surface area (Å²) in [7, 11) is 0. The number of ketones is 1. The van der Waals surface area contributed by atoms with Gasteiger partial charge in [-0.3, -0.25) is 14.4 Å². The SMILES string of the molecule is CCOC(=O)C1C2C=CC(C(=O)c3ccccc3)(O2)C1C(=O)OCC. The highest BCUT2D eigenvalue weighted by molar-refractivity contribution is 6.08. The van der Waals surface area contributed by atoms with Crippen LogP contribution in [-0.2, 0) is 23.8 Å². The molecule has 1 aromatic rings. The topological polar surface area (TPSA) is 78.9 Å². The Hall–Kier alpha value is -2.47. The van der Waals surface area contributed by atoms with E-state index in [4.69, 9.17) is 14.2 Å². The zero-order valence-electron chi connectivity index (χ0n) is 14.1. The van der Waals surface area contributed by atoms with Crippen molar-refractivity contribution < 1.29 is 28.6 Å². The third-order valence-electron chi connectivity index (χ3n) is 4.53. The molecule has 0 saturated carbocycles. The predicted molar refractivity (Wildman–Crippen MR) is 87.8 cm³/mol. The fourth-order valence-electron chi connectivity index (χ4n) is 3.52. The van der Waals surface area contributed by atoms with E-state index in [9.17, 15) is 14.4 Å². The summed E-state index contributed by atoms with van der Waals surface area (Å²) in [6, 6.07) is 8.57. The zero-order valence-corrected chi connectivity index (χ0v) is 14.1. The number of hydrogen-bond acceptors (Lipinski definition) is 6. The van der Waals surface area contributed by atoms with Gasteiger partial charge in [-0.1, -0.05) is 36.4 Å². The molecule has 0 spiro atoms. The lowest BCUT2D eigenvalue weighted by Gasteiger charge is -2.30. The molecule has 0 radical (unpaired) electrons. The Morgan fingerprint density at radius 3 is 2.32 bits per heavy atom. The Bertz CT molecular complexity index is 710. The van der Waals surface area contributed by atoms with Crippen molar-refractivity contribution in [1.29, 1.82) is 0 Å². The van der Waals surface area contributed by atoms with Crippen LogP contribution < -0.4 is 0 Å². The summed E-state index contributed by atoms with van der Waals surface area (Å²) in [6.45, 7) is 3.69. The fraction of sp³-hybridized carbons (Fsp3) is 0.421. The van der Waals surface area contributed by atoms with Crippen LogP contribution in [0.15, 0.2) is 42.5 Å². The van der Waals surface area contributed by atoms with Gasteiger partial charge in [-0.2, -0.15) is 0 Å². The van der Waals surface area contributed by atoms with Gasteiger partial charge in [0.05, 0.1) is 19.3 Å². The number of hydrogen-bond donors (Lipinski definition) is 0. The quantitative estimate of drug-likeness (QED) is 0.446. The van der Waals surface area contributed by atoms with E-state index < -0.39 is 35.5 Å². The first kappa shape index (κ1) is 17.4. The first-order valence-electron chi connectivity index (χ1n) is 8.35. The molecule has 25 heavy (non-hydrogen) atoms. The van der Waals surface area contributed by atoms with Crippen molar-refractivity contribution in [3.8, 4) is 0 Å². The summed E-state index contributed by atoms with van der Waals surface area (Å²) in [6.07, 6.45) is 2.55. The number of fused-ring (bicyclic) bond motifs is 2. The maximum atomic E-state index is 13.1. The molecule has 0 aromatic heterocycles. The van der Waals surface area contributed by atoms with Crippen LogP contribution in [0.4, 0.5) is 0 Å². The Morgan fingerprint density at radius 1 is 1.04 bits per heavy atom. The smallest absolute Gasteiger partial charge is 0.313 e. The number of carbonyl (C=O) groups excluding carboxylic acids is 3. The summed E-state index contributed by atoms with van der Waals surface area (Å²) < 4.78 is 16.1. The molecule has 0 amide bonds. The minimum absolute atomic E-state index is 0.148. The largest absolute Gasteiger partial charge is 0.466 e. The molecular weight excluding hydrogens is 324 g/mol. The fourth-order valence-corrected chi connectivity index (χ4v) is 3.52. The van der Waals surface area contributed by atoms with Gasteiger partial charge in [0.15, 0.2) is 11.4 Å². The van der Waals surface area contributed by atoms with E-state index in [1.54, 1.807) is 56.3 Å². The van der Waals surface area contributed by atoms with Crippen molar-refractivity contribution in [2.45, 2.75) is 25.6 Å².